The van der Waals surface area contributed by atoms with Gasteiger partial charge in [0, 0.05) is 6.42 Å². The molecule has 0 heterocycles. The maximum atomic E-state index is 10.5. The summed E-state index contributed by atoms with van der Waals surface area (Å²) in [6.45, 7) is 10.6. The lowest BCUT2D eigenvalue weighted by Gasteiger charge is -2.17. The third-order valence-corrected chi connectivity index (χ3v) is 4.15. The highest BCUT2D eigenvalue weighted by Crippen LogP contribution is 2.25. The van der Waals surface area contributed by atoms with Gasteiger partial charge in [0.25, 0.3) is 0 Å². The Kier molecular flexibility index (Phi) is 4.29. The molecule has 0 aromatic heterocycles. The molecule has 0 aliphatic heterocycles. The first kappa shape index (κ1) is 14.8. The largest absolute Gasteiger partial charge is 0.388 e. The molecule has 2 rings (SSSR count). The quantitative estimate of drug-likeness (QED) is 0.868. The highest BCUT2D eigenvalue weighted by atomic mass is 16.3. The van der Waals surface area contributed by atoms with Gasteiger partial charge in [-0.1, -0.05) is 35.9 Å². The standard InChI is InChI=1S/C19H24O/c1-12-8-15(4)18(16(5)9-12)11-19(20)17-7-6-13(2)14(3)10-17/h6-10,19-20H,11H2,1-5H3. The molecule has 106 valence electrons. The summed E-state index contributed by atoms with van der Waals surface area (Å²) >= 11 is 0. The Bertz CT molecular complexity index is 603. The van der Waals surface area contributed by atoms with Crippen molar-refractivity contribution in [3.63, 3.8) is 0 Å². The van der Waals surface area contributed by atoms with E-state index in [4.69, 9.17) is 0 Å². The predicted molar refractivity (Wildman–Crippen MR) is 85.2 cm³/mol. The van der Waals surface area contributed by atoms with E-state index >= 15 is 0 Å². The summed E-state index contributed by atoms with van der Waals surface area (Å²) in [7, 11) is 0. The number of aliphatic hydroxyl groups is 1. The molecule has 0 fully saturated rings. The Morgan fingerprint density at radius 3 is 1.95 bits per heavy atom. The summed E-state index contributed by atoms with van der Waals surface area (Å²) < 4.78 is 0. The second-order valence-corrected chi connectivity index (χ2v) is 5.94. The van der Waals surface area contributed by atoms with Gasteiger partial charge in [-0.3, -0.25) is 0 Å². The highest BCUT2D eigenvalue weighted by molar-refractivity contribution is 5.39. The number of benzene rings is 2. The van der Waals surface area contributed by atoms with Gasteiger partial charge in [-0.05, 0) is 68.0 Å². The van der Waals surface area contributed by atoms with Crippen molar-refractivity contribution in [1.29, 1.82) is 0 Å². The lowest BCUT2D eigenvalue weighted by Crippen LogP contribution is -2.06. The molecule has 0 aliphatic rings. The molecular formula is C19H24O. The van der Waals surface area contributed by atoms with Crippen LogP contribution in [0.25, 0.3) is 0 Å². The van der Waals surface area contributed by atoms with Gasteiger partial charge in [0.1, 0.15) is 0 Å². The van der Waals surface area contributed by atoms with Crippen LogP contribution in [0.5, 0.6) is 0 Å². The molecule has 2 aromatic rings. The Balaban J connectivity index is 2.27. The summed E-state index contributed by atoms with van der Waals surface area (Å²) in [5, 5.41) is 10.5. The fourth-order valence-corrected chi connectivity index (χ4v) is 2.81. The van der Waals surface area contributed by atoms with E-state index < -0.39 is 6.10 Å². The molecule has 0 bridgehead atoms. The molecule has 0 spiro atoms. The minimum atomic E-state index is -0.436. The van der Waals surface area contributed by atoms with E-state index in [2.05, 4.69) is 58.9 Å². The molecule has 1 unspecified atom stereocenters. The van der Waals surface area contributed by atoms with Gasteiger partial charge in [0.05, 0.1) is 6.10 Å². The number of aryl methyl sites for hydroxylation is 5. The molecule has 20 heavy (non-hydrogen) atoms. The first-order valence-electron chi connectivity index (χ1n) is 7.20. The number of aliphatic hydroxyl groups excluding tert-OH is 1. The molecular weight excluding hydrogens is 244 g/mol. The fourth-order valence-electron chi connectivity index (χ4n) is 2.81. The zero-order chi connectivity index (χ0) is 14.9. The number of rotatable bonds is 3. The van der Waals surface area contributed by atoms with E-state index in [1.54, 1.807) is 0 Å². The maximum Gasteiger partial charge on any atom is 0.0830 e. The van der Waals surface area contributed by atoms with Crippen molar-refractivity contribution < 1.29 is 5.11 Å². The van der Waals surface area contributed by atoms with Crippen LogP contribution < -0.4 is 0 Å². The van der Waals surface area contributed by atoms with Gasteiger partial charge in [-0.15, -0.1) is 0 Å². The van der Waals surface area contributed by atoms with Crippen molar-refractivity contribution in [3.8, 4) is 0 Å². The summed E-state index contributed by atoms with van der Waals surface area (Å²) in [4.78, 5) is 0. The lowest BCUT2D eigenvalue weighted by molar-refractivity contribution is 0.178. The molecule has 0 saturated heterocycles. The highest BCUT2D eigenvalue weighted by Gasteiger charge is 2.13. The normalized spacial score (nSPS) is 12.5. The van der Waals surface area contributed by atoms with E-state index in [1.165, 1.54) is 33.4 Å². The Morgan fingerprint density at radius 2 is 1.40 bits per heavy atom. The third kappa shape index (κ3) is 3.10. The fraction of sp³-hybridized carbons (Fsp3) is 0.368. The van der Waals surface area contributed by atoms with Crippen molar-refractivity contribution in [2.24, 2.45) is 0 Å². The van der Waals surface area contributed by atoms with Crippen LogP contribution in [0, 0.1) is 34.6 Å². The molecule has 0 saturated carbocycles. The van der Waals surface area contributed by atoms with Gasteiger partial charge in [0.2, 0.25) is 0 Å². The van der Waals surface area contributed by atoms with E-state index in [0.29, 0.717) is 6.42 Å². The molecule has 0 aliphatic carbocycles. The van der Waals surface area contributed by atoms with Crippen LogP contribution in [0.2, 0.25) is 0 Å². The molecule has 1 heteroatoms. The van der Waals surface area contributed by atoms with Crippen LogP contribution in [0.1, 0.15) is 45.0 Å². The second kappa shape index (κ2) is 5.80. The van der Waals surface area contributed by atoms with Gasteiger partial charge in [-0.2, -0.15) is 0 Å². The molecule has 1 nitrogen and oxygen atoms in total. The van der Waals surface area contributed by atoms with Crippen LogP contribution in [-0.4, -0.2) is 5.11 Å². The van der Waals surface area contributed by atoms with Crippen LogP contribution >= 0.6 is 0 Å². The smallest absolute Gasteiger partial charge is 0.0830 e. The minimum absolute atomic E-state index is 0.436. The zero-order valence-corrected chi connectivity index (χ0v) is 13.1. The van der Waals surface area contributed by atoms with Crippen molar-refractivity contribution in [3.05, 3.63) is 69.3 Å². The van der Waals surface area contributed by atoms with Crippen LogP contribution in [0.3, 0.4) is 0 Å². The summed E-state index contributed by atoms with van der Waals surface area (Å²) in [5.74, 6) is 0. The summed E-state index contributed by atoms with van der Waals surface area (Å²) in [6.07, 6.45) is 0.245. The average molecular weight is 268 g/mol. The monoisotopic (exact) mass is 268 g/mol. The predicted octanol–water partition coefficient (Wildman–Crippen LogP) is 4.50. The van der Waals surface area contributed by atoms with Crippen molar-refractivity contribution >= 4 is 0 Å². The van der Waals surface area contributed by atoms with Crippen LogP contribution in [-0.2, 0) is 6.42 Å². The van der Waals surface area contributed by atoms with Crippen LogP contribution in [0.4, 0.5) is 0 Å². The van der Waals surface area contributed by atoms with E-state index in [9.17, 15) is 5.11 Å². The molecule has 0 amide bonds. The molecule has 1 N–H and O–H groups in total. The Hall–Kier alpha value is -1.60. The SMILES string of the molecule is Cc1cc(C)c(CC(O)c2ccc(C)c(C)c2)c(C)c1. The molecule has 2 aromatic carbocycles. The summed E-state index contributed by atoms with van der Waals surface area (Å²) in [6, 6.07) is 10.6. The van der Waals surface area contributed by atoms with Crippen LogP contribution in [0.15, 0.2) is 30.3 Å². The van der Waals surface area contributed by atoms with Crippen molar-refractivity contribution in [2.45, 2.75) is 47.1 Å². The topological polar surface area (TPSA) is 20.2 Å². The Labute approximate surface area is 122 Å². The first-order chi connectivity index (χ1) is 9.38. The first-order valence-corrected chi connectivity index (χ1v) is 7.20. The maximum absolute atomic E-state index is 10.5. The van der Waals surface area contributed by atoms with E-state index in [-0.39, 0.29) is 0 Å². The lowest BCUT2D eigenvalue weighted by atomic mass is 9.92. The van der Waals surface area contributed by atoms with Gasteiger partial charge >= 0.3 is 0 Å². The number of hydrogen-bond donors (Lipinski definition) is 1. The Morgan fingerprint density at radius 1 is 0.800 bits per heavy atom. The average Bonchev–Trinajstić information content (AvgIpc) is 2.36. The second-order valence-electron chi connectivity index (χ2n) is 5.94. The molecule has 0 radical (unpaired) electrons. The van der Waals surface area contributed by atoms with Crippen molar-refractivity contribution in [1.82, 2.24) is 0 Å². The van der Waals surface area contributed by atoms with E-state index in [0.717, 1.165) is 5.56 Å². The zero-order valence-electron chi connectivity index (χ0n) is 13.1. The number of hydrogen-bond acceptors (Lipinski definition) is 1. The van der Waals surface area contributed by atoms with Gasteiger partial charge in [0.15, 0.2) is 0 Å². The third-order valence-electron chi connectivity index (χ3n) is 4.15. The van der Waals surface area contributed by atoms with Gasteiger partial charge < -0.3 is 5.11 Å². The van der Waals surface area contributed by atoms with Crippen molar-refractivity contribution in [2.75, 3.05) is 0 Å². The molecule has 1 atom stereocenters. The van der Waals surface area contributed by atoms with E-state index in [1.807, 2.05) is 6.07 Å². The minimum Gasteiger partial charge on any atom is -0.388 e. The summed E-state index contributed by atoms with van der Waals surface area (Å²) in [5.41, 5.74) is 8.59. The van der Waals surface area contributed by atoms with Gasteiger partial charge in [-0.25, -0.2) is 0 Å².